The second-order valence-corrected chi connectivity index (χ2v) is 6.26. The molecule has 0 bridgehead atoms. The molecule has 0 spiro atoms. The van der Waals surface area contributed by atoms with Crippen molar-refractivity contribution in [3.63, 3.8) is 0 Å². The zero-order valence-electron chi connectivity index (χ0n) is 14.3. The summed E-state index contributed by atoms with van der Waals surface area (Å²) in [6.45, 7) is -0.0680. The highest BCUT2D eigenvalue weighted by molar-refractivity contribution is 5.56. The second-order valence-electron chi connectivity index (χ2n) is 6.26. The molecule has 1 aromatic heterocycles. The molecule has 0 aliphatic rings. The first kappa shape index (κ1) is 16.3. The average Bonchev–Trinajstić information content (AvgIpc) is 3.21. The molecule has 0 saturated carbocycles. The monoisotopic (exact) mass is 340 g/mol. The Morgan fingerprint density at radius 1 is 0.692 bits per heavy atom. The molecule has 4 aromatic rings. The largest absolute Gasteiger partial charge is 0.390 e. The molecule has 0 fully saturated rings. The Bertz CT molecular complexity index is 866. The number of hydrogen-bond acceptors (Lipinski definition) is 2. The molecule has 3 aromatic carbocycles. The summed E-state index contributed by atoms with van der Waals surface area (Å²) in [6, 6.07) is 31.1. The van der Waals surface area contributed by atoms with Crippen LogP contribution in [0.25, 0.3) is 0 Å². The van der Waals surface area contributed by atoms with Gasteiger partial charge >= 0.3 is 0 Å². The Kier molecular flexibility index (Phi) is 4.38. The maximum absolute atomic E-state index is 9.56. The van der Waals surface area contributed by atoms with Gasteiger partial charge in [-0.1, -0.05) is 91.0 Å². The van der Waals surface area contributed by atoms with Crippen LogP contribution in [-0.2, 0) is 12.0 Å². The lowest BCUT2D eigenvalue weighted by molar-refractivity contribution is 0.277. The first-order chi connectivity index (χ1) is 12.9. The summed E-state index contributed by atoms with van der Waals surface area (Å²) < 4.78 is 0. The number of aromatic nitrogens is 2. The van der Waals surface area contributed by atoms with Crippen molar-refractivity contribution in [1.82, 2.24) is 9.97 Å². The molecule has 128 valence electrons. The molecule has 0 amide bonds. The third-order valence-electron chi connectivity index (χ3n) is 4.77. The molecule has 2 N–H and O–H groups in total. The van der Waals surface area contributed by atoms with Crippen LogP contribution in [0.4, 0.5) is 0 Å². The van der Waals surface area contributed by atoms with E-state index in [1.54, 1.807) is 6.20 Å². The Morgan fingerprint density at radius 3 is 1.46 bits per heavy atom. The van der Waals surface area contributed by atoms with Crippen LogP contribution in [0, 0.1) is 0 Å². The van der Waals surface area contributed by atoms with Crippen molar-refractivity contribution < 1.29 is 5.11 Å². The number of hydrogen-bond donors (Lipinski definition) is 2. The summed E-state index contributed by atoms with van der Waals surface area (Å²) in [4.78, 5) is 8.01. The predicted molar refractivity (Wildman–Crippen MR) is 103 cm³/mol. The van der Waals surface area contributed by atoms with Crippen LogP contribution in [-0.4, -0.2) is 15.1 Å². The zero-order chi connectivity index (χ0) is 17.8. The van der Waals surface area contributed by atoms with E-state index in [-0.39, 0.29) is 6.61 Å². The van der Waals surface area contributed by atoms with E-state index < -0.39 is 5.41 Å². The van der Waals surface area contributed by atoms with Crippen molar-refractivity contribution in [3.8, 4) is 0 Å². The standard InChI is InChI=1S/C23H20N2O/c26-17-21-16-24-22(25-21)23(18-10-4-1-5-11-18,19-12-6-2-7-13-19)20-14-8-3-9-15-20/h1-16,26H,17H2,(H,24,25). The van der Waals surface area contributed by atoms with E-state index in [4.69, 9.17) is 0 Å². The molecule has 0 radical (unpaired) electrons. The molecule has 0 aliphatic carbocycles. The van der Waals surface area contributed by atoms with Crippen LogP contribution in [0.1, 0.15) is 28.2 Å². The smallest absolute Gasteiger partial charge is 0.126 e. The van der Waals surface area contributed by atoms with E-state index in [0.717, 1.165) is 22.5 Å². The fourth-order valence-electron chi connectivity index (χ4n) is 3.60. The van der Waals surface area contributed by atoms with Gasteiger partial charge in [-0.2, -0.15) is 0 Å². The van der Waals surface area contributed by atoms with Gasteiger partial charge in [-0.25, -0.2) is 4.98 Å². The van der Waals surface area contributed by atoms with E-state index in [9.17, 15) is 5.11 Å². The van der Waals surface area contributed by atoms with Crippen molar-refractivity contribution in [2.45, 2.75) is 12.0 Å². The van der Waals surface area contributed by atoms with Gasteiger partial charge in [0.1, 0.15) is 11.2 Å². The van der Waals surface area contributed by atoms with Gasteiger partial charge in [-0.15, -0.1) is 0 Å². The van der Waals surface area contributed by atoms with E-state index in [1.807, 2.05) is 54.6 Å². The molecule has 26 heavy (non-hydrogen) atoms. The molecule has 0 saturated heterocycles. The first-order valence-electron chi connectivity index (χ1n) is 8.67. The molecular formula is C23H20N2O. The number of aliphatic hydroxyl groups is 1. The number of aliphatic hydroxyl groups excluding tert-OH is 1. The lowest BCUT2D eigenvalue weighted by atomic mass is 9.69. The van der Waals surface area contributed by atoms with Crippen LogP contribution in [0.15, 0.2) is 97.2 Å². The summed E-state index contributed by atoms with van der Waals surface area (Å²) in [5.74, 6) is 0.796. The maximum Gasteiger partial charge on any atom is 0.126 e. The van der Waals surface area contributed by atoms with E-state index in [1.165, 1.54) is 0 Å². The summed E-state index contributed by atoms with van der Waals surface area (Å²) >= 11 is 0. The topological polar surface area (TPSA) is 48.9 Å². The van der Waals surface area contributed by atoms with Crippen molar-refractivity contribution in [1.29, 1.82) is 0 Å². The Balaban J connectivity index is 2.10. The van der Waals surface area contributed by atoms with Gasteiger partial charge in [0.05, 0.1) is 18.5 Å². The quantitative estimate of drug-likeness (QED) is 0.533. The highest BCUT2D eigenvalue weighted by atomic mass is 16.3. The van der Waals surface area contributed by atoms with E-state index >= 15 is 0 Å². The molecule has 0 atom stereocenters. The van der Waals surface area contributed by atoms with E-state index in [2.05, 4.69) is 46.4 Å². The minimum atomic E-state index is -0.586. The Morgan fingerprint density at radius 2 is 1.12 bits per heavy atom. The summed E-state index contributed by atoms with van der Waals surface area (Å²) in [5, 5.41) is 9.56. The van der Waals surface area contributed by atoms with E-state index in [0.29, 0.717) is 5.69 Å². The molecule has 0 unspecified atom stereocenters. The van der Waals surface area contributed by atoms with Crippen LogP contribution in [0.2, 0.25) is 0 Å². The third kappa shape index (κ3) is 2.63. The SMILES string of the molecule is OCc1cnc(C(c2ccccc2)(c2ccccc2)c2ccccc2)[nH]1. The van der Waals surface area contributed by atoms with Gasteiger partial charge in [0, 0.05) is 0 Å². The number of H-pyrrole nitrogens is 1. The fraction of sp³-hybridized carbons (Fsp3) is 0.0870. The van der Waals surface area contributed by atoms with Crippen molar-refractivity contribution >= 4 is 0 Å². The van der Waals surface area contributed by atoms with Gasteiger partial charge in [0.25, 0.3) is 0 Å². The highest BCUT2D eigenvalue weighted by Gasteiger charge is 2.40. The molecule has 0 aliphatic heterocycles. The Hall–Kier alpha value is -3.17. The lowest BCUT2D eigenvalue weighted by Gasteiger charge is -2.34. The van der Waals surface area contributed by atoms with Gasteiger partial charge in [-0.05, 0) is 16.7 Å². The van der Waals surface area contributed by atoms with Gasteiger partial charge < -0.3 is 10.1 Å². The normalized spacial score (nSPS) is 11.4. The highest BCUT2D eigenvalue weighted by Crippen LogP contribution is 2.43. The van der Waals surface area contributed by atoms with Gasteiger partial charge in [0.15, 0.2) is 0 Å². The third-order valence-corrected chi connectivity index (χ3v) is 4.77. The first-order valence-corrected chi connectivity index (χ1v) is 8.67. The number of benzene rings is 3. The summed E-state index contributed by atoms with van der Waals surface area (Å²) in [7, 11) is 0. The molecular weight excluding hydrogens is 320 g/mol. The minimum Gasteiger partial charge on any atom is -0.390 e. The number of nitrogens with zero attached hydrogens (tertiary/aromatic N) is 1. The second kappa shape index (κ2) is 6.98. The fourth-order valence-corrected chi connectivity index (χ4v) is 3.60. The van der Waals surface area contributed by atoms with Crippen LogP contribution in [0.5, 0.6) is 0 Å². The predicted octanol–water partition coefficient (Wildman–Crippen LogP) is 4.28. The molecule has 3 nitrogen and oxygen atoms in total. The Labute approximate surface area is 153 Å². The zero-order valence-corrected chi connectivity index (χ0v) is 14.3. The van der Waals surface area contributed by atoms with Gasteiger partial charge in [0.2, 0.25) is 0 Å². The number of rotatable bonds is 5. The van der Waals surface area contributed by atoms with Crippen LogP contribution < -0.4 is 0 Å². The lowest BCUT2D eigenvalue weighted by Crippen LogP contribution is -2.32. The number of nitrogens with one attached hydrogen (secondary N) is 1. The summed E-state index contributed by atoms with van der Waals surface area (Å²) in [5.41, 5.74) is 3.48. The van der Waals surface area contributed by atoms with Crippen molar-refractivity contribution in [2.75, 3.05) is 0 Å². The number of imidazole rings is 1. The molecule has 3 heteroatoms. The summed E-state index contributed by atoms with van der Waals surface area (Å²) in [6.07, 6.45) is 1.71. The number of aromatic amines is 1. The van der Waals surface area contributed by atoms with Crippen LogP contribution in [0.3, 0.4) is 0 Å². The average molecular weight is 340 g/mol. The van der Waals surface area contributed by atoms with Crippen molar-refractivity contribution in [2.24, 2.45) is 0 Å². The molecule has 4 rings (SSSR count). The van der Waals surface area contributed by atoms with Gasteiger partial charge in [-0.3, -0.25) is 0 Å². The van der Waals surface area contributed by atoms with Crippen LogP contribution >= 0.6 is 0 Å². The molecule has 1 heterocycles. The maximum atomic E-state index is 9.56. The van der Waals surface area contributed by atoms with Crippen molar-refractivity contribution in [3.05, 3.63) is 125 Å². The minimum absolute atomic E-state index is 0.0680.